The zero-order chi connectivity index (χ0) is 21.6. The van der Waals surface area contributed by atoms with E-state index >= 15 is 0 Å². The van der Waals surface area contributed by atoms with Crippen molar-refractivity contribution in [2.45, 2.75) is 32.9 Å². The number of fused-ring (bicyclic) bond motifs is 1. The number of amides is 1. The lowest BCUT2D eigenvalue weighted by Crippen LogP contribution is -2.32. The predicted molar refractivity (Wildman–Crippen MR) is 121 cm³/mol. The lowest BCUT2D eigenvalue weighted by Gasteiger charge is -2.19. The molecular weight excluding hydrogens is 374 g/mol. The van der Waals surface area contributed by atoms with Crippen LogP contribution in [-0.2, 0) is 11.3 Å². The Hall–Kier alpha value is -3.78. The zero-order valence-corrected chi connectivity index (χ0v) is 17.4. The first-order chi connectivity index (χ1) is 14.3. The molecule has 0 spiro atoms. The van der Waals surface area contributed by atoms with Crippen LogP contribution in [0.2, 0.25) is 0 Å². The van der Waals surface area contributed by atoms with Gasteiger partial charge in [-0.05, 0) is 73.0 Å². The van der Waals surface area contributed by atoms with Gasteiger partial charge in [0.15, 0.2) is 0 Å². The van der Waals surface area contributed by atoms with Gasteiger partial charge in [0.25, 0.3) is 0 Å². The lowest BCUT2D eigenvalue weighted by molar-refractivity contribution is 0.0523. The van der Waals surface area contributed by atoms with Crippen LogP contribution >= 0.6 is 0 Å². The topological polar surface area (TPSA) is 76.7 Å². The van der Waals surface area contributed by atoms with Crippen LogP contribution in [-0.4, -0.2) is 17.9 Å². The molecule has 0 saturated heterocycles. The number of nitrogens with two attached hydrogens (primary N) is 1. The van der Waals surface area contributed by atoms with Crippen LogP contribution in [0, 0.1) is 11.8 Å². The van der Waals surface area contributed by atoms with Crippen molar-refractivity contribution in [1.29, 1.82) is 0 Å². The van der Waals surface area contributed by atoms with Gasteiger partial charge in [-0.2, -0.15) is 5.10 Å². The van der Waals surface area contributed by atoms with Crippen molar-refractivity contribution >= 4 is 23.1 Å². The third kappa shape index (κ3) is 6.11. The number of nitrogens with zero attached hydrogens (tertiary/aromatic N) is 1. The lowest BCUT2D eigenvalue weighted by atomic mass is 10.0. The fourth-order valence-corrected chi connectivity index (χ4v) is 2.85. The van der Waals surface area contributed by atoms with Crippen LogP contribution in [0.25, 0.3) is 10.8 Å². The van der Waals surface area contributed by atoms with Gasteiger partial charge in [-0.25, -0.2) is 4.79 Å². The van der Waals surface area contributed by atoms with E-state index in [9.17, 15) is 4.79 Å². The second-order valence-corrected chi connectivity index (χ2v) is 7.90. The standard InChI is InChI=1S/C25H25N3O2/c1-25(2,3)30-24(29)27-16-20-8-5-18(6-9-20)4-7-19-10-12-23-15-21(17-28-26)11-13-22(23)14-19/h5-6,8-15,17H,16,26H2,1-3H3,(H,27,29). The molecule has 5 heteroatoms. The number of alkyl carbamates (subject to hydrolysis) is 1. The molecule has 0 fully saturated rings. The maximum absolute atomic E-state index is 11.7. The monoisotopic (exact) mass is 399 g/mol. The van der Waals surface area contributed by atoms with Gasteiger partial charge in [0.05, 0.1) is 6.21 Å². The first kappa shape index (κ1) is 20.9. The molecule has 0 aliphatic heterocycles. The normalized spacial score (nSPS) is 11.2. The molecule has 0 aliphatic rings. The number of carbonyl (C=O) groups excluding carboxylic acids is 1. The van der Waals surface area contributed by atoms with E-state index in [2.05, 4.69) is 28.3 Å². The molecule has 0 aliphatic carbocycles. The molecule has 3 N–H and O–H groups in total. The molecule has 152 valence electrons. The van der Waals surface area contributed by atoms with E-state index < -0.39 is 11.7 Å². The second kappa shape index (κ2) is 9.15. The predicted octanol–water partition coefficient (Wildman–Crippen LogP) is 4.56. The molecule has 3 aromatic rings. The Bertz CT molecular complexity index is 1130. The first-order valence-electron chi connectivity index (χ1n) is 9.67. The average Bonchev–Trinajstić information content (AvgIpc) is 2.70. The highest BCUT2D eigenvalue weighted by molar-refractivity contribution is 5.91. The summed E-state index contributed by atoms with van der Waals surface area (Å²) in [7, 11) is 0. The van der Waals surface area contributed by atoms with Gasteiger partial charge in [0, 0.05) is 17.7 Å². The summed E-state index contributed by atoms with van der Waals surface area (Å²) in [5, 5.41) is 8.53. The summed E-state index contributed by atoms with van der Waals surface area (Å²) < 4.78 is 5.24. The van der Waals surface area contributed by atoms with Crippen molar-refractivity contribution in [3.63, 3.8) is 0 Å². The van der Waals surface area contributed by atoms with Crippen molar-refractivity contribution in [1.82, 2.24) is 5.32 Å². The Labute approximate surface area is 176 Å². The van der Waals surface area contributed by atoms with Crippen molar-refractivity contribution in [3.05, 3.63) is 82.9 Å². The molecule has 0 aromatic heterocycles. The van der Waals surface area contributed by atoms with E-state index in [1.807, 2.05) is 75.4 Å². The van der Waals surface area contributed by atoms with Crippen molar-refractivity contribution < 1.29 is 9.53 Å². The maximum Gasteiger partial charge on any atom is 0.407 e. The summed E-state index contributed by atoms with van der Waals surface area (Å²) in [4.78, 5) is 11.7. The highest BCUT2D eigenvalue weighted by Gasteiger charge is 2.15. The minimum Gasteiger partial charge on any atom is -0.444 e. The summed E-state index contributed by atoms with van der Waals surface area (Å²) in [6.07, 6.45) is 1.20. The third-order valence-corrected chi connectivity index (χ3v) is 4.23. The van der Waals surface area contributed by atoms with Gasteiger partial charge in [-0.3, -0.25) is 0 Å². The summed E-state index contributed by atoms with van der Waals surface area (Å²) >= 11 is 0. The molecule has 30 heavy (non-hydrogen) atoms. The van der Waals surface area contributed by atoms with Gasteiger partial charge in [-0.1, -0.05) is 42.2 Å². The molecule has 0 unspecified atom stereocenters. The van der Waals surface area contributed by atoms with Gasteiger partial charge in [0.1, 0.15) is 5.60 Å². The molecular formula is C25H25N3O2. The third-order valence-electron chi connectivity index (χ3n) is 4.23. The summed E-state index contributed by atoms with van der Waals surface area (Å²) in [6.45, 7) is 5.92. The van der Waals surface area contributed by atoms with Gasteiger partial charge in [0.2, 0.25) is 0 Å². The average molecular weight is 399 g/mol. The molecule has 3 aromatic carbocycles. The Kier molecular flexibility index (Phi) is 6.38. The zero-order valence-electron chi connectivity index (χ0n) is 17.4. The van der Waals surface area contributed by atoms with E-state index in [0.29, 0.717) is 6.54 Å². The number of hydrazone groups is 1. The quantitative estimate of drug-likeness (QED) is 0.293. The van der Waals surface area contributed by atoms with Crippen LogP contribution in [0.3, 0.4) is 0 Å². The highest BCUT2D eigenvalue weighted by atomic mass is 16.6. The SMILES string of the molecule is CC(C)(C)OC(=O)NCc1ccc(C#Cc2ccc3cc(C=NN)ccc3c2)cc1. The Balaban J connectivity index is 1.64. The molecule has 3 rings (SSSR count). The van der Waals surface area contributed by atoms with Gasteiger partial charge >= 0.3 is 6.09 Å². The number of nitrogens with one attached hydrogen (secondary N) is 1. The summed E-state index contributed by atoms with van der Waals surface area (Å²) in [5.41, 5.74) is 3.29. The Morgan fingerprint density at radius 3 is 2.33 bits per heavy atom. The van der Waals surface area contributed by atoms with Gasteiger partial charge in [-0.15, -0.1) is 0 Å². The molecule has 0 heterocycles. The van der Waals surface area contributed by atoms with Crippen LogP contribution < -0.4 is 11.2 Å². The van der Waals surface area contributed by atoms with E-state index in [1.54, 1.807) is 6.21 Å². The Morgan fingerprint density at radius 2 is 1.63 bits per heavy atom. The molecule has 0 bridgehead atoms. The fourth-order valence-electron chi connectivity index (χ4n) is 2.85. The fraction of sp³-hybridized carbons (Fsp3) is 0.200. The van der Waals surface area contributed by atoms with Crippen LogP contribution in [0.15, 0.2) is 65.8 Å². The molecule has 0 saturated carbocycles. The molecule has 5 nitrogen and oxygen atoms in total. The number of carbonyl (C=O) groups is 1. The number of rotatable bonds is 3. The number of benzene rings is 3. The van der Waals surface area contributed by atoms with Crippen LogP contribution in [0.5, 0.6) is 0 Å². The first-order valence-corrected chi connectivity index (χ1v) is 9.67. The van der Waals surface area contributed by atoms with Gasteiger partial charge < -0.3 is 15.9 Å². The van der Waals surface area contributed by atoms with Crippen LogP contribution in [0.4, 0.5) is 4.79 Å². The number of hydrogen-bond donors (Lipinski definition) is 2. The minimum absolute atomic E-state index is 0.407. The largest absolute Gasteiger partial charge is 0.444 e. The highest BCUT2D eigenvalue weighted by Crippen LogP contribution is 2.17. The molecule has 0 atom stereocenters. The molecule has 0 radical (unpaired) electrons. The van der Waals surface area contributed by atoms with E-state index in [0.717, 1.165) is 33.0 Å². The second-order valence-electron chi connectivity index (χ2n) is 7.90. The number of hydrogen-bond acceptors (Lipinski definition) is 4. The van der Waals surface area contributed by atoms with E-state index in [4.69, 9.17) is 10.6 Å². The minimum atomic E-state index is -0.507. The smallest absolute Gasteiger partial charge is 0.407 e. The summed E-state index contributed by atoms with van der Waals surface area (Å²) in [5.74, 6) is 11.6. The van der Waals surface area contributed by atoms with Crippen molar-refractivity contribution in [3.8, 4) is 11.8 Å². The maximum atomic E-state index is 11.7. The number of ether oxygens (including phenoxy) is 1. The van der Waals surface area contributed by atoms with Crippen molar-refractivity contribution in [2.24, 2.45) is 10.9 Å². The Morgan fingerprint density at radius 1 is 1.00 bits per heavy atom. The van der Waals surface area contributed by atoms with E-state index in [-0.39, 0.29) is 0 Å². The van der Waals surface area contributed by atoms with Crippen LogP contribution in [0.1, 0.15) is 43.0 Å². The molecule has 1 amide bonds. The summed E-state index contributed by atoms with van der Waals surface area (Å²) in [6, 6.07) is 19.9. The van der Waals surface area contributed by atoms with Crippen molar-refractivity contribution in [2.75, 3.05) is 0 Å². The van der Waals surface area contributed by atoms with E-state index in [1.165, 1.54) is 0 Å².